The number of methoxy groups -OCH3 is 2. The number of nitrogens with one attached hydrogen (secondary N) is 1. The number of hydrogen-bond donors (Lipinski definition) is 1. The second kappa shape index (κ2) is 11.1. The molecule has 7 nitrogen and oxygen atoms in total. The number of hydrazone groups is 1. The molecule has 0 fully saturated rings. The fourth-order valence-electron chi connectivity index (χ4n) is 5.25. The molecule has 0 unspecified atom stereocenters. The second-order valence-corrected chi connectivity index (χ2v) is 10.6. The fraction of sp³-hybridized carbons (Fsp3) is 0.121. The van der Waals surface area contributed by atoms with Gasteiger partial charge in [-0.1, -0.05) is 58.4 Å². The number of carbonyl (C=O) groups excluding carboxylic acids is 1. The Kier molecular flexibility index (Phi) is 7.15. The number of nitrogens with zero attached hydrogens (tertiary/aromatic N) is 2. The molecule has 5 aromatic rings. The summed E-state index contributed by atoms with van der Waals surface area (Å²) in [5.74, 6) is 1.09. The summed E-state index contributed by atoms with van der Waals surface area (Å²) in [5, 5.41) is 7.22. The van der Waals surface area contributed by atoms with Crippen molar-refractivity contribution in [2.75, 3.05) is 14.2 Å². The van der Waals surface area contributed by atoms with E-state index in [0.29, 0.717) is 34.8 Å². The van der Waals surface area contributed by atoms with Gasteiger partial charge in [-0.3, -0.25) is 9.59 Å². The zero-order chi connectivity index (χ0) is 28.5. The molecule has 4 aromatic carbocycles. The van der Waals surface area contributed by atoms with E-state index >= 15 is 0 Å². The Morgan fingerprint density at radius 3 is 2.20 bits per heavy atom. The molecular formula is C33H26BrN3O4. The Morgan fingerprint density at radius 2 is 1.54 bits per heavy atom. The molecule has 0 saturated carbocycles. The molecule has 1 N–H and O–H groups in total. The standard InChI is InChI=1S/C33H26BrN3O4/c1-40-24-13-8-20(9-14-24)29-19-28(36-37(29)33(39)22-10-15-25(41-2)16-11-22)31-30(21-6-4-3-5-7-21)26-18-23(34)12-17-27(26)35-32(31)38/h3-18,29H,19H2,1-2H3,(H,35,38)/t29-/m0/s1. The van der Waals surface area contributed by atoms with E-state index in [-0.39, 0.29) is 11.5 Å². The zero-order valence-electron chi connectivity index (χ0n) is 22.4. The molecule has 1 aromatic heterocycles. The van der Waals surface area contributed by atoms with Crippen molar-refractivity contribution in [3.05, 3.63) is 129 Å². The SMILES string of the molecule is COc1ccc(C(=O)N2N=C(c3c(-c4ccccc4)c4cc(Br)ccc4[nH]c3=O)C[C@H]2c2ccc(OC)cc2)cc1. The van der Waals surface area contributed by atoms with Crippen LogP contribution in [0.25, 0.3) is 22.0 Å². The Labute approximate surface area is 245 Å². The summed E-state index contributed by atoms with van der Waals surface area (Å²) in [7, 11) is 3.19. The van der Waals surface area contributed by atoms with E-state index in [1.165, 1.54) is 5.01 Å². The van der Waals surface area contributed by atoms with Crippen molar-refractivity contribution in [2.24, 2.45) is 5.10 Å². The minimum absolute atomic E-state index is 0.260. The van der Waals surface area contributed by atoms with Crippen molar-refractivity contribution in [1.82, 2.24) is 9.99 Å². The summed E-state index contributed by atoms with van der Waals surface area (Å²) < 4.78 is 11.5. The number of amides is 1. The maximum Gasteiger partial charge on any atom is 0.274 e. The van der Waals surface area contributed by atoms with Crippen LogP contribution in [0.3, 0.4) is 0 Å². The minimum Gasteiger partial charge on any atom is -0.497 e. The molecule has 0 radical (unpaired) electrons. The van der Waals surface area contributed by atoms with Gasteiger partial charge in [-0.2, -0.15) is 5.10 Å². The first-order chi connectivity index (χ1) is 20.0. The first-order valence-corrected chi connectivity index (χ1v) is 13.9. The third kappa shape index (κ3) is 5.02. The molecule has 0 aliphatic carbocycles. The van der Waals surface area contributed by atoms with E-state index in [1.807, 2.05) is 72.8 Å². The van der Waals surface area contributed by atoms with Crippen LogP contribution in [0.4, 0.5) is 0 Å². The predicted octanol–water partition coefficient (Wildman–Crippen LogP) is 6.97. The van der Waals surface area contributed by atoms with E-state index in [2.05, 4.69) is 20.9 Å². The van der Waals surface area contributed by atoms with E-state index in [9.17, 15) is 9.59 Å². The lowest BCUT2D eigenvalue weighted by Gasteiger charge is -2.22. The molecule has 41 heavy (non-hydrogen) atoms. The molecule has 0 saturated heterocycles. The molecule has 8 heteroatoms. The van der Waals surface area contributed by atoms with Gasteiger partial charge in [0.2, 0.25) is 0 Å². The summed E-state index contributed by atoms with van der Waals surface area (Å²) in [4.78, 5) is 30.7. The number of rotatable bonds is 6. The van der Waals surface area contributed by atoms with E-state index in [0.717, 1.165) is 32.1 Å². The molecule has 1 aliphatic heterocycles. The Morgan fingerprint density at radius 1 is 0.878 bits per heavy atom. The van der Waals surface area contributed by atoms with E-state index in [1.54, 1.807) is 38.5 Å². The highest BCUT2D eigenvalue weighted by atomic mass is 79.9. The monoisotopic (exact) mass is 607 g/mol. The van der Waals surface area contributed by atoms with Crippen LogP contribution in [0.1, 0.15) is 33.9 Å². The molecule has 204 valence electrons. The number of aromatic nitrogens is 1. The van der Waals surface area contributed by atoms with Crippen molar-refractivity contribution in [3.63, 3.8) is 0 Å². The number of ether oxygens (including phenoxy) is 2. The molecule has 1 atom stereocenters. The van der Waals surface area contributed by atoms with Crippen LogP contribution in [0.2, 0.25) is 0 Å². The highest BCUT2D eigenvalue weighted by Gasteiger charge is 2.36. The number of pyridine rings is 1. The van der Waals surface area contributed by atoms with E-state index in [4.69, 9.17) is 14.6 Å². The third-order valence-electron chi connectivity index (χ3n) is 7.28. The topological polar surface area (TPSA) is 84.0 Å². The van der Waals surface area contributed by atoms with Crippen LogP contribution < -0.4 is 15.0 Å². The quantitative estimate of drug-likeness (QED) is 0.226. The Balaban J connectivity index is 1.54. The van der Waals surface area contributed by atoms with Gasteiger partial charge in [0, 0.05) is 32.9 Å². The number of carbonyl (C=O) groups is 1. The lowest BCUT2D eigenvalue weighted by Crippen LogP contribution is -2.27. The minimum atomic E-state index is -0.424. The summed E-state index contributed by atoms with van der Waals surface area (Å²) in [6.07, 6.45) is 0.358. The van der Waals surface area contributed by atoms with Gasteiger partial charge >= 0.3 is 0 Å². The average molecular weight is 608 g/mol. The van der Waals surface area contributed by atoms with Crippen LogP contribution in [0, 0.1) is 0 Å². The van der Waals surface area contributed by atoms with Crippen molar-refractivity contribution in [2.45, 2.75) is 12.5 Å². The zero-order valence-corrected chi connectivity index (χ0v) is 24.0. The third-order valence-corrected chi connectivity index (χ3v) is 7.78. The van der Waals surface area contributed by atoms with Gasteiger partial charge in [-0.15, -0.1) is 0 Å². The highest BCUT2D eigenvalue weighted by Crippen LogP contribution is 2.38. The molecule has 6 rings (SSSR count). The van der Waals surface area contributed by atoms with Gasteiger partial charge in [0.05, 0.1) is 31.5 Å². The van der Waals surface area contributed by atoms with Crippen LogP contribution in [0.5, 0.6) is 11.5 Å². The van der Waals surface area contributed by atoms with Crippen molar-refractivity contribution in [3.8, 4) is 22.6 Å². The number of hydrogen-bond acceptors (Lipinski definition) is 5. The molecule has 0 spiro atoms. The van der Waals surface area contributed by atoms with Gasteiger partial charge in [0.25, 0.3) is 11.5 Å². The molecule has 0 bridgehead atoms. The first kappa shape index (κ1) is 26.5. The van der Waals surface area contributed by atoms with Crippen LogP contribution >= 0.6 is 15.9 Å². The number of fused-ring (bicyclic) bond motifs is 1. The normalized spacial score (nSPS) is 14.7. The van der Waals surface area contributed by atoms with Crippen LogP contribution in [-0.4, -0.2) is 35.8 Å². The fourth-order valence-corrected chi connectivity index (χ4v) is 5.61. The van der Waals surface area contributed by atoms with E-state index < -0.39 is 6.04 Å². The number of benzene rings is 4. The molecule has 1 aliphatic rings. The lowest BCUT2D eigenvalue weighted by molar-refractivity contribution is 0.0711. The van der Waals surface area contributed by atoms with Gasteiger partial charge < -0.3 is 14.5 Å². The predicted molar refractivity (Wildman–Crippen MR) is 164 cm³/mol. The van der Waals surface area contributed by atoms with Gasteiger partial charge in [-0.25, -0.2) is 5.01 Å². The Hall–Kier alpha value is -4.69. The van der Waals surface area contributed by atoms with Gasteiger partial charge in [0.15, 0.2) is 0 Å². The maximum absolute atomic E-state index is 13.9. The van der Waals surface area contributed by atoms with Crippen LogP contribution in [-0.2, 0) is 0 Å². The van der Waals surface area contributed by atoms with Crippen molar-refractivity contribution in [1.29, 1.82) is 0 Å². The second-order valence-electron chi connectivity index (χ2n) is 9.68. The molecular weight excluding hydrogens is 582 g/mol. The highest BCUT2D eigenvalue weighted by molar-refractivity contribution is 9.10. The van der Waals surface area contributed by atoms with Gasteiger partial charge in [-0.05, 0) is 65.7 Å². The summed E-state index contributed by atoms with van der Waals surface area (Å²) >= 11 is 3.59. The lowest BCUT2D eigenvalue weighted by atomic mass is 9.91. The number of H-pyrrole nitrogens is 1. The summed E-state index contributed by atoms with van der Waals surface area (Å²) in [5.41, 5.74) is 4.46. The molecule has 1 amide bonds. The first-order valence-electron chi connectivity index (χ1n) is 13.1. The number of aromatic amines is 1. The summed E-state index contributed by atoms with van der Waals surface area (Å²) in [6, 6.07) is 29.6. The smallest absolute Gasteiger partial charge is 0.274 e. The summed E-state index contributed by atoms with van der Waals surface area (Å²) in [6.45, 7) is 0. The Bertz CT molecular complexity index is 1830. The van der Waals surface area contributed by atoms with Crippen LogP contribution in [0.15, 0.2) is 111 Å². The van der Waals surface area contributed by atoms with Gasteiger partial charge in [0.1, 0.15) is 11.5 Å². The number of halogens is 1. The van der Waals surface area contributed by atoms with Crippen molar-refractivity contribution >= 4 is 38.5 Å². The van der Waals surface area contributed by atoms with Crippen molar-refractivity contribution < 1.29 is 14.3 Å². The maximum atomic E-state index is 13.9. The largest absolute Gasteiger partial charge is 0.497 e. The average Bonchev–Trinajstić information content (AvgIpc) is 3.45. The molecule has 2 heterocycles.